The minimum Gasteiger partial charge on any atom is -0.493 e. The number of nitrogens with one attached hydrogen (secondary N) is 8. The minimum atomic E-state index is -1.18. The Hall–Kier alpha value is -9.03. The summed E-state index contributed by atoms with van der Waals surface area (Å²) in [5, 5.41) is 33.1. The van der Waals surface area contributed by atoms with E-state index in [0.29, 0.717) is 177 Å². The van der Waals surface area contributed by atoms with E-state index in [0.717, 1.165) is 141 Å². The predicted octanol–water partition coefficient (Wildman–Crippen LogP) is 17.1. The molecule has 125 heavy (non-hydrogen) atoms. The molecule has 0 spiro atoms. The Morgan fingerprint density at radius 3 is 0.824 bits per heavy atom. The highest BCUT2D eigenvalue weighted by molar-refractivity contribution is 6.05. The second kappa shape index (κ2) is 63.0. The Bertz CT molecular complexity index is 3610. The molecule has 13 N–H and O–H groups in total. The average molecular weight is 1760 g/mol. The number of aromatic carboxylic acids is 1. The highest BCUT2D eigenvalue weighted by Crippen LogP contribution is 2.35. The smallest absolute Gasteiger partial charge is 0.407 e. The summed E-state index contributed by atoms with van der Waals surface area (Å²) in [7, 11) is 3.84. The van der Waals surface area contributed by atoms with Crippen LogP contribution in [0.25, 0.3) is 0 Å². The molecular weight excluding hydrogens is 1600 g/mol. The van der Waals surface area contributed by atoms with Gasteiger partial charge in [0.25, 0.3) is 29.5 Å². The number of hydrogen-bond donors (Lipinski definition) is 11. The van der Waals surface area contributed by atoms with Crippen LogP contribution in [0.1, 0.15) is 366 Å². The maximum atomic E-state index is 14.4. The van der Waals surface area contributed by atoms with Crippen molar-refractivity contribution >= 4 is 53.8 Å². The van der Waals surface area contributed by atoms with Crippen molar-refractivity contribution in [3.05, 3.63) is 69.8 Å². The van der Waals surface area contributed by atoms with Crippen molar-refractivity contribution in [1.82, 2.24) is 47.4 Å². The lowest BCUT2D eigenvalue weighted by Crippen LogP contribution is -2.44. The maximum absolute atomic E-state index is 14.4. The molecule has 0 unspecified atom stereocenters. The molecule has 712 valence electrons. The Morgan fingerprint density at radius 2 is 0.576 bits per heavy atom. The minimum absolute atomic E-state index is 0. The Morgan fingerprint density at radius 1 is 0.328 bits per heavy atom. The zero-order chi connectivity index (χ0) is 91.9. The van der Waals surface area contributed by atoms with Crippen molar-refractivity contribution in [3.63, 3.8) is 0 Å². The third-order valence-corrected chi connectivity index (χ3v) is 19.8. The van der Waals surface area contributed by atoms with Crippen LogP contribution < -0.4 is 82.4 Å². The van der Waals surface area contributed by atoms with Gasteiger partial charge in [-0.3, -0.25) is 24.0 Å². The number of unbranched alkanes of at least 4 members (excludes halogenated alkanes) is 15. The zero-order valence-electron chi connectivity index (χ0n) is 78.3. The van der Waals surface area contributed by atoms with Gasteiger partial charge in [0.1, 0.15) is 56.9 Å². The molecule has 2 fully saturated rings. The highest BCUT2D eigenvalue weighted by atomic mass is 16.6. The number of hydrogen-bond acceptors (Lipinski definition) is 21. The van der Waals surface area contributed by atoms with Crippen LogP contribution in [-0.2, 0) is 14.2 Å². The Labute approximate surface area is 748 Å². The fourth-order valence-corrected chi connectivity index (χ4v) is 13.1. The zero-order valence-corrected chi connectivity index (χ0v) is 78.3. The third kappa shape index (κ3) is 50.2. The van der Waals surface area contributed by atoms with Gasteiger partial charge in [0, 0.05) is 88.2 Å². The van der Waals surface area contributed by atoms with Crippen molar-refractivity contribution in [1.29, 1.82) is 0 Å². The molecule has 3 aromatic carbocycles. The monoisotopic (exact) mass is 1760 g/mol. The van der Waals surface area contributed by atoms with E-state index in [-0.39, 0.29) is 94.8 Å². The Balaban J connectivity index is 0.000000964. The summed E-state index contributed by atoms with van der Waals surface area (Å²) in [5.41, 5.74) is 10.6. The van der Waals surface area contributed by atoms with Gasteiger partial charge in [-0.15, -0.1) is 0 Å². The number of carboxylic acids is 1. The fourth-order valence-electron chi connectivity index (χ4n) is 13.1. The highest BCUT2D eigenvalue weighted by Gasteiger charge is 2.31. The van der Waals surface area contributed by atoms with Crippen LogP contribution in [0.15, 0.2) is 36.4 Å². The lowest BCUT2D eigenvalue weighted by Gasteiger charge is -2.30. The van der Waals surface area contributed by atoms with E-state index in [1.807, 2.05) is 95.2 Å². The molecule has 30 nitrogen and oxygen atoms in total. The summed E-state index contributed by atoms with van der Waals surface area (Å²) >= 11 is 0. The van der Waals surface area contributed by atoms with Crippen molar-refractivity contribution < 1.29 is 90.9 Å². The number of carbonyl (C=O) groups is 9. The van der Waals surface area contributed by atoms with Crippen molar-refractivity contribution in [2.45, 2.75) is 344 Å². The summed E-state index contributed by atoms with van der Waals surface area (Å²) in [6.07, 6.45) is 25.2. The lowest BCUT2D eigenvalue weighted by molar-refractivity contribution is 0.0515. The lowest BCUT2D eigenvalue weighted by atomic mass is 9.90. The first kappa shape index (κ1) is 112. The van der Waals surface area contributed by atoms with E-state index in [4.69, 9.17) is 54.1 Å². The van der Waals surface area contributed by atoms with Crippen LogP contribution in [0.5, 0.6) is 34.5 Å². The number of carbonyl (C=O) groups excluding carboxylic acids is 8. The number of rotatable bonds is 54. The van der Waals surface area contributed by atoms with Crippen LogP contribution in [-0.4, -0.2) is 204 Å². The van der Waals surface area contributed by atoms with Crippen LogP contribution in [0.2, 0.25) is 0 Å². The molecule has 2 aliphatic carbocycles. The number of nitrogens with zero attached hydrogens (tertiary/aromatic N) is 1. The summed E-state index contributed by atoms with van der Waals surface area (Å²) in [6.45, 7) is 32.1. The first-order valence-corrected chi connectivity index (χ1v) is 46.1. The van der Waals surface area contributed by atoms with Crippen LogP contribution in [0.3, 0.4) is 0 Å². The topological polar surface area (TPSA) is 408 Å². The summed E-state index contributed by atoms with van der Waals surface area (Å²) < 4.78 is 52.7. The molecule has 2 saturated carbocycles. The normalized spacial score (nSPS) is 14.9. The first-order chi connectivity index (χ1) is 59.0. The molecule has 0 heterocycles. The number of benzene rings is 3. The largest absolute Gasteiger partial charge is 0.493 e. The second-order valence-electron chi connectivity index (χ2n) is 35.3. The van der Waals surface area contributed by atoms with Gasteiger partial charge in [0.2, 0.25) is 0 Å². The number of alkyl carbamates (subject to hydrolysis) is 3. The van der Waals surface area contributed by atoms with Gasteiger partial charge in [0.15, 0.2) is 0 Å². The summed E-state index contributed by atoms with van der Waals surface area (Å²) in [6, 6.07) is 9.70. The molecule has 8 amide bonds. The number of carboxylic acid groups (broad SMARTS) is 1. The van der Waals surface area contributed by atoms with Crippen LogP contribution >= 0.6 is 0 Å². The molecule has 0 radical (unpaired) electrons. The number of amides is 8. The first-order valence-electron chi connectivity index (χ1n) is 46.1. The van der Waals surface area contributed by atoms with E-state index >= 15 is 0 Å². The molecule has 0 aromatic heterocycles. The SMILES string of the molecule is C.CCCCCCOc1cc(OCCCCCNC(=O)OC(C)(C)C)c(C(=O)NC2CCC(NC(=O)c3cc(C(=O)NCCN(C)C)c(OCCCCCNC(=O)OC(C)(C)C)cc3OCCCCCC)CC2)cc1C(=O)NCCC.CCCCCCOc1cc(OCCCCCNC(=O)OC(C)(C)C)c(C(=O)O)cc1C(=O)NCCC.NC1CCC(N)CC1. The van der Waals surface area contributed by atoms with E-state index in [1.165, 1.54) is 12.1 Å². The maximum Gasteiger partial charge on any atom is 0.407 e. The van der Waals surface area contributed by atoms with E-state index in [1.54, 1.807) is 24.3 Å². The Kier molecular flexibility index (Phi) is 56.5. The molecule has 30 heteroatoms. The average Bonchev–Trinajstić information content (AvgIpc) is 0.817. The molecule has 0 saturated heterocycles. The van der Waals surface area contributed by atoms with E-state index < -0.39 is 41.1 Å². The van der Waals surface area contributed by atoms with Crippen LogP contribution in [0.4, 0.5) is 14.4 Å². The quantitative estimate of drug-likeness (QED) is 0.0185. The van der Waals surface area contributed by atoms with Gasteiger partial charge in [-0.2, -0.15) is 0 Å². The molecule has 5 rings (SSSR count). The molecule has 3 aromatic rings. The fraction of sp³-hybridized carbons (Fsp3) is 0.716. The number of likely N-dealkylation sites (N-methyl/N-ethyl adjacent to an activating group) is 1. The van der Waals surface area contributed by atoms with E-state index in [9.17, 15) is 48.3 Å². The summed E-state index contributed by atoms with van der Waals surface area (Å²) in [4.78, 5) is 119. The van der Waals surface area contributed by atoms with Gasteiger partial charge < -0.3 is 107 Å². The van der Waals surface area contributed by atoms with E-state index in [2.05, 4.69) is 63.3 Å². The standard InChI is InChI=1S/C61H101N7O12.C27H44N2O7.C6H14N2.CH4/c1-12-15-17-23-36-75-50-42-53(78-39-26-20-22-33-65-59(74)80-61(7,8)9)48(40-46(50)54(69)62-31-14-3)56(71)66-44-27-29-45(30-28-44)67-57(72)49-41-47(55(70)63-34-35-68(10)11)51(43-52(49)77-37-24-18-16-13-2)76-38-25-19-21-32-64-58(73)79-60(4,5)6;1-6-8-9-12-16-34-22-19-23(21(25(31)32)18-20(22)24(30)28-14-7-2)35-17-13-10-11-15-29-26(33)36-27(3,4)5;7-5-1-2-6(8)4-3-5;/h40-45H,12-39H2,1-11H3,(H,62,69)(H,63,70)(H,64,73)(H,65,74)(H,66,71)(H,67,72);18-19H,6-17H2,1-5H3,(H,28,30)(H,29,33)(H,31,32);5-6H,1-4,7-8H2;1H4. The second-order valence-corrected chi connectivity index (χ2v) is 35.3. The van der Waals surface area contributed by atoms with Crippen molar-refractivity contribution in [2.24, 2.45) is 11.5 Å². The van der Waals surface area contributed by atoms with Gasteiger partial charge in [-0.1, -0.05) is 99.8 Å². The number of nitrogens with two attached hydrogens (primary N) is 2. The molecule has 0 bridgehead atoms. The summed E-state index contributed by atoms with van der Waals surface area (Å²) in [5.74, 6) is -1.24. The van der Waals surface area contributed by atoms with Crippen molar-refractivity contribution in [2.75, 3.05) is 99.5 Å². The van der Waals surface area contributed by atoms with Gasteiger partial charge in [-0.05, 0) is 236 Å². The van der Waals surface area contributed by atoms with Gasteiger partial charge >= 0.3 is 24.2 Å². The molecule has 0 atom stereocenters. The molecular formula is C95H163N11O19. The van der Waals surface area contributed by atoms with Crippen LogP contribution in [0, 0.1) is 0 Å². The third-order valence-electron chi connectivity index (χ3n) is 19.8. The predicted molar refractivity (Wildman–Crippen MR) is 494 cm³/mol. The molecule has 0 aliphatic heterocycles. The number of ether oxygens (including phenoxy) is 9. The van der Waals surface area contributed by atoms with Gasteiger partial charge in [-0.25, -0.2) is 19.2 Å². The molecule has 2 aliphatic rings. The van der Waals surface area contributed by atoms with Gasteiger partial charge in [0.05, 0.1) is 67.5 Å². The van der Waals surface area contributed by atoms with Crippen molar-refractivity contribution in [3.8, 4) is 34.5 Å².